The lowest BCUT2D eigenvalue weighted by Gasteiger charge is -2.30. The first-order chi connectivity index (χ1) is 15.7. The topological polar surface area (TPSA) is 36.9 Å². The molecule has 1 fully saturated rings. The van der Waals surface area contributed by atoms with Crippen LogP contribution in [0.25, 0.3) is 0 Å². The average molecular weight is 465 g/mol. The Labute approximate surface area is 198 Å². The lowest BCUT2D eigenvalue weighted by Crippen LogP contribution is -2.46. The van der Waals surface area contributed by atoms with Crippen LogP contribution in [0, 0.1) is 0 Å². The molecule has 0 unspecified atom stereocenters. The molecule has 0 bridgehead atoms. The van der Waals surface area contributed by atoms with Gasteiger partial charge in [0.15, 0.2) is 0 Å². The predicted molar refractivity (Wildman–Crippen MR) is 135 cm³/mol. The van der Waals surface area contributed by atoms with Crippen molar-refractivity contribution < 1.29 is 18.0 Å². The zero-order valence-electron chi connectivity index (χ0n) is 21.2. The van der Waals surface area contributed by atoms with E-state index in [1.165, 1.54) is 56.1 Å². The van der Waals surface area contributed by atoms with E-state index in [0.717, 1.165) is 31.9 Å². The Hall–Kier alpha value is -0.723. The second kappa shape index (κ2) is 16.0. The average Bonchev–Trinajstić information content (AvgIpc) is 2.81. The van der Waals surface area contributed by atoms with E-state index in [4.69, 9.17) is 18.0 Å². The molecular weight excluding hydrogens is 416 g/mol. The molecule has 0 aromatic heterocycles. The fraction of sp³-hybridized carbons (Fsp3) is 0.778. The molecule has 0 saturated heterocycles. The Bertz CT molecular complexity index is 567. The molecule has 0 heterocycles. The van der Waals surface area contributed by atoms with Gasteiger partial charge in [-0.15, -0.1) is 0 Å². The van der Waals surface area contributed by atoms with Gasteiger partial charge in [-0.3, -0.25) is 0 Å². The number of hydrogen-bond donors (Lipinski definition) is 0. The van der Waals surface area contributed by atoms with E-state index in [0.29, 0.717) is 31.8 Å². The third-order valence-corrected chi connectivity index (χ3v) is 9.67. The molecule has 1 aliphatic rings. The van der Waals surface area contributed by atoms with Gasteiger partial charge < -0.3 is 18.0 Å². The van der Waals surface area contributed by atoms with E-state index < -0.39 is 8.80 Å². The van der Waals surface area contributed by atoms with Crippen molar-refractivity contribution in [1.29, 1.82) is 0 Å². The predicted octanol–water partition coefficient (Wildman–Crippen LogP) is 7.29. The van der Waals surface area contributed by atoms with E-state index >= 15 is 0 Å². The summed E-state index contributed by atoms with van der Waals surface area (Å²) in [5.41, 5.74) is 3.01. The number of ether oxygens (including phenoxy) is 1. The van der Waals surface area contributed by atoms with Gasteiger partial charge in [-0.25, -0.2) is 0 Å². The molecule has 0 N–H and O–H groups in total. The maximum atomic E-state index is 6.24. The van der Waals surface area contributed by atoms with Crippen LogP contribution >= 0.6 is 0 Å². The van der Waals surface area contributed by atoms with Gasteiger partial charge in [-0.05, 0) is 82.8 Å². The summed E-state index contributed by atoms with van der Waals surface area (Å²) < 4.78 is 24.1. The molecule has 0 atom stereocenters. The summed E-state index contributed by atoms with van der Waals surface area (Å²) in [5.74, 6) is 0.693. The van der Waals surface area contributed by atoms with Crippen molar-refractivity contribution in [3.05, 3.63) is 35.4 Å². The van der Waals surface area contributed by atoms with Crippen molar-refractivity contribution in [3.63, 3.8) is 0 Å². The van der Waals surface area contributed by atoms with Crippen molar-refractivity contribution in [3.8, 4) is 0 Å². The number of rotatable bonds is 17. The smallest absolute Gasteiger partial charge is 0.378 e. The zero-order chi connectivity index (χ0) is 23.1. The van der Waals surface area contributed by atoms with Crippen LogP contribution in [0.2, 0.25) is 6.04 Å². The van der Waals surface area contributed by atoms with E-state index in [1.807, 2.05) is 20.8 Å². The van der Waals surface area contributed by atoms with Crippen LogP contribution < -0.4 is 0 Å². The van der Waals surface area contributed by atoms with Gasteiger partial charge in [0.2, 0.25) is 0 Å². The van der Waals surface area contributed by atoms with E-state index in [1.54, 1.807) is 0 Å². The molecule has 1 aliphatic carbocycles. The minimum absolute atomic E-state index is 0.395. The van der Waals surface area contributed by atoms with Gasteiger partial charge in [0, 0.05) is 32.5 Å². The summed E-state index contributed by atoms with van der Waals surface area (Å²) in [6, 6.07) is 10.3. The van der Waals surface area contributed by atoms with Crippen LogP contribution in [-0.4, -0.2) is 41.3 Å². The first kappa shape index (κ1) is 27.5. The fourth-order valence-corrected chi connectivity index (χ4v) is 7.39. The van der Waals surface area contributed by atoms with Crippen molar-refractivity contribution in [2.24, 2.45) is 0 Å². The highest BCUT2D eigenvalue weighted by molar-refractivity contribution is 6.60. The van der Waals surface area contributed by atoms with Crippen LogP contribution in [0.15, 0.2) is 24.3 Å². The lowest BCUT2D eigenvalue weighted by atomic mass is 9.82. The maximum absolute atomic E-state index is 6.24. The van der Waals surface area contributed by atoms with Crippen molar-refractivity contribution >= 4 is 8.80 Å². The van der Waals surface area contributed by atoms with E-state index in [9.17, 15) is 0 Å². The first-order valence-electron chi connectivity index (χ1n) is 13.3. The molecule has 0 spiro atoms. The highest BCUT2D eigenvalue weighted by Crippen LogP contribution is 2.34. The summed E-state index contributed by atoms with van der Waals surface area (Å²) in [6.45, 7) is 11.0. The molecule has 1 saturated carbocycles. The molecule has 0 amide bonds. The number of benzene rings is 1. The van der Waals surface area contributed by atoms with Crippen LogP contribution in [0.1, 0.15) is 103 Å². The molecule has 1 aromatic rings. The summed E-state index contributed by atoms with van der Waals surface area (Å²) in [4.78, 5) is 0. The Morgan fingerprint density at radius 1 is 0.750 bits per heavy atom. The van der Waals surface area contributed by atoms with Crippen LogP contribution in [0.4, 0.5) is 0 Å². The summed E-state index contributed by atoms with van der Waals surface area (Å²) in [6.07, 6.45) is 12.7. The molecule has 0 aliphatic heterocycles. The summed E-state index contributed by atoms with van der Waals surface area (Å²) in [7, 11) is -2.54. The minimum Gasteiger partial charge on any atom is -0.378 e. The molecule has 32 heavy (non-hydrogen) atoms. The van der Waals surface area contributed by atoms with Gasteiger partial charge in [0.05, 0.1) is 6.10 Å². The van der Waals surface area contributed by atoms with E-state index in [-0.39, 0.29) is 0 Å². The molecule has 2 rings (SSSR count). The third kappa shape index (κ3) is 9.64. The molecular formula is C27H48O4Si. The Morgan fingerprint density at radius 3 is 1.94 bits per heavy atom. The summed E-state index contributed by atoms with van der Waals surface area (Å²) in [5, 5.41) is 0. The molecule has 0 radical (unpaired) electrons. The minimum atomic E-state index is -2.54. The Morgan fingerprint density at radius 2 is 1.38 bits per heavy atom. The Kier molecular flexibility index (Phi) is 13.8. The number of aryl methyl sites for hydroxylation is 1. The van der Waals surface area contributed by atoms with Crippen LogP contribution in [-0.2, 0) is 24.4 Å². The second-order valence-corrected chi connectivity index (χ2v) is 11.7. The monoisotopic (exact) mass is 464 g/mol. The molecule has 1 aromatic carbocycles. The Balaban J connectivity index is 1.68. The van der Waals surface area contributed by atoms with Crippen molar-refractivity contribution in [2.75, 3.05) is 26.4 Å². The van der Waals surface area contributed by atoms with Gasteiger partial charge >= 0.3 is 8.80 Å². The van der Waals surface area contributed by atoms with Crippen molar-refractivity contribution in [1.82, 2.24) is 0 Å². The van der Waals surface area contributed by atoms with Gasteiger partial charge in [0.25, 0.3) is 0 Å². The van der Waals surface area contributed by atoms with Gasteiger partial charge in [0.1, 0.15) is 0 Å². The number of hydrogen-bond acceptors (Lipinski definition) is 4. The standard InChI is InChI=1S/C27H48O4Si/c1-5-9-10-11-13-24-14-16-25(17-15-24)26-18-20-27(21-19-26)28-22-12-23-32(29-6-2,30-7-3)31-8-4/h14-17,26-27H,5-13,18-23H2,1-4H3/t26-,27-. The van der Waals surface area contributed by atoms with Crippen molar-refractivity contribution in [2.45, 2.75) is 110 Å². The lowest BCUT2D eigenvalue weighted by molar-refractivity contribution is 0.0202. The molecule has 4 nitrogen and oxygen atoms in total. The molecule has 5 heteroatoms. The van der Waals surface area contributed by atoms with Gasteiger partial charge in [-0.1, -0.05) is 50.5 Å². The fourth-order valence-electron chi connectivity index (χ4n) is 4.82. The van der Waals surface area contributed by atoms with Crippen LogP contribution in [0.5, 0.6) is 0 Å². The van der Waals surface area contributed by atoms with Crippen LogP contribution in [0.3, 0.4) is 0 Å². The first-order valence-corrected chi connectivity index (χ1v) is 15.2. The zero-order valence-corrected chi connectivity index (χ0v) is 22.2. The third-order valence-electron chi connectivity index (χ3n) is 6.52. The quantitative estimate of drug-likeness (QED) is 0.179. The highest BCUT2D eigenvalue weighted by atomic mass is 28.4. The largest absolute Gasteiger partial charge is 0.501 e. The highest BCUT2D eigenvalue weighted by Gasteiger charge is 2.39. The SMILES string of the molecule is CCCCCCc1ccc([C@H]2CC[C@H](OCCC[Si](OCC)(OCC)OCC)CC2)cc1. The maximum Gasteiger partial charge on any atom is 0.501 e. The van der Waals surface area contributed by atoms with E-state index in [2.05, 4.69) is 31.2 Å². The molecule has 184 valence electrons. The normalized spacial score (nSPS) is 19.4. The summed E-state index contributed by atoms with van der Waals surface area (Å²) >= 11 is 0. The second-order valence-electron chi connectivity index (χ2n) is 8.98. The van der Waals surface area contributed by atoms with Gasteiger partial charge in [-0.2, -0.15) is 0 Å². The number of unbranched alkanes of at least 4 members (excludes halogenated alkanes) is 3.